The molecule has 0 bridgehead atoms. The van der Waals surface area contributed by atoms with Crippen molar-refractivity contribution in [2.75, 3.05) is 4.90 Å². The number of para-hydroxylation sites is 1. The first kappa shape index (κ1) is 33.9. The van der Waals surface area contributed by atoms with Crippen LogP contribution in [-0.4, -0.2) is 0 Å². The van der Waals surface area contributed by atoms with Crippen molar-refractivity contribution in [2.45, 2.75) is 13.3 Å². The van der Waals surface area contributed by atoms with Crippen LogP contribution in [0, 0.1) is 5.92 Å². The molecule has 0 amide bonds. The van der Waals surface area contributed by atoms with Crippen molar-refractivity contribution in [3.05, 3.63) is 224 Å². The molecular weight excluding hydrogens is 667 g/mol. The van der Waals surface area contributed by atoms with E-state index in [1.54, 1.807) is 6.08 Å². The van der Waals surface area contributed by atoms with E-state index in [0.29, 0.717) is 5.92 Å². The van der Waals surface area contributed by atoms with Crippen LogP contribution in [-0.2, 0) is 0 Å². The summed E-state index contributed by atoms with van der Waals surface area (Å²) in [5.41, 5.74) is 14.2. The number of nitrogens with zero attached hydrogens (tertiary/aromatic N) is 1. The van der Waals surface area contributed by atoms with E-state index in [-0.39, 0.29) is 0 Å². The molecule has 1 heterocycles. The van der Waals surface area contributed by atoms with E-state index in [2.05, 4.69) is 188 Å². The third-order valence-corrected chi connectivity index (χ3v) is 10.7. The summed E-state index contributed by atoms with van der Waals surface area (Å²) in [6, 6.07) is 58.8. The molecule has 2 heteroatoms. The minimum Gasteiger partial charge on any atom is -0.456 e. The van der Waals surface area contributed by atoms with Crippen LogP contribution in [0.25, 0.3) is 60.6 Å². The highest BCUT2D eigenvalue weighted by Gasteiger charge is 2.24. The van der Waals surface area contributed by atoms with E-state index in [1.165, 1.54) is 60.7 Å². The van der Waals surface area contributed by atoms with Gasteiger partial charge in [-0.3, -0.25) is 0 Å². The van der Waals surface area contributed by atoms with Crippen molar-refractivity contribution in [2.24, 2.45) is 5.92 Å². The van der Waals surface area contributed by atoms with Gasteiger partial charge in [0.2, 0.25) is 0 Å². The fourth-order valence-corrected chi connectivity index (χ4v) is 8.11. The van der Waals surface area contributed by atoms with Crippen LogP contribution in [0.15, 0.2) is 211 Å². The molecule has 264 valence electrons. The van der Waals surface area contributed by atoms with Gasteiger partial charge in [-0.2, -0.15) is 0 Å². The van der Waals surface area contributed by atoms with Crippen LogP contribution < -0.4 is 4.90 Å². The Balaban J connectivity index is 1.09. The molecule has 0 aliphatic heterocycles. The molecule has 0 spiro atoms. The summed E-state index contributed by atoms with van der Waals surface area (Å²) in [7, 11) is 0. The molecule has 1 aliphatic rings. The third kappa shape index (κ3) is 6.64. The van der Waals surface area contributed by atoms with Crippen molar-refractivity contribution >= 4 is 60.8 Å². The average molecular weight is 708 g/mol. The molecule has 2 nitrogen and oxygen atoms in total. The van der Waals surface area contributed by atoms with Gasteiger partial charge in [-0.15, -0.1) is 0 Å². The zero-order valence-corrected chi connectivity index (χ0v) is 30.9. The second-order valence-electron chi connectivity index (χ2n) is 14.2. The van der Waals surface area contributed by atoms with E-state index in [1.807, 2.05) is 24.3 Å². The minimum absolute atomic E-state index is 0.308. The predicted molar refractivity (Wildman–Crippen MR) is 235 cm³/mol. The Hall–Kier alpha value is -6.90. The van der Waals surface area contributed by atoms with Gasteiger partial charge in [0, 0.05) is 28.3 Å². The van der Waals surface area contributed by atoms with Crippen molar-refractivity contribution in [1.29, 1.82) is 0 Å². The quantitative estimate of drug-likeness (QED) is 0.139. The van der Waals surface area contributed by atoms with Gasteiger partial charge >= 0.3 is 0 Å². The molecule has 7 aromatic carbocycles. The van der Waals surface area contributed by atoms with E-state index < -0.39 is 0 Å². The summed E-state index contributed by atoms with van der Waals surface area (Å²) < 4.78 is 6.20. The van der Waals surface area contributed by atoms with Crippen molar-refractivity contribution in [1.82, 2.24) is 0 Å². The van der Waals surface area contributed by atoms with Gasteiger partial charge in [-0.25, -0.2) is 0 Å². The van der Waals surface area contributed by atoms with Gasteiger partial charge in [0.25, 0.3) is 0 Å². The maximum Gasteiger partial charge on any atom is 0.136 e. The van der Waals surface area contributed by atoms with Crippen LogP contribution >= 0.6 is 0 Å². The number of benzene rings is 7. The van der Waals surface area contributed by atoms with Gasteiger partial charge in [-0.1, -0.05) is 159 Å². The summed E-state index contributed by atoms with van der Waals surface area (Å²) in [6.07, 6.45) is 13.3. The molecule has 1 aromatic heterocycles. The first-order chi connectivity index (χ1) is 27.1. The summed E-state index contributed by atoms with van der Waals surface area (Å²) in [4.78, 5) is 2.24. The Morgan fingerprint density at radius 2 is 1.20 bits per heavy atom. The van der Waals surface area contributed by atoms with Gasteiger partial charge in [-0.05, 0) is 116 Å². The third-order valence-electron chi connectivity index (χ3n) is 10.7. The molecule has 9 rings (SSSR count). The van der Waals surface area contributed by atoms with E-state index in [4.69, 9.17) is 4.42 Å². The highest BCUT2D eigenvalue weighted by molar-refractivity contribution is 6.19. The molecule has 55 heavy (non-hydrogen) atoms. The Labute approximate surface area is 323 Å². The minimum atomic E-state index is 0.308. The average Bonchev–Trinajstić information content (AvgIpc) is 3.63. The Morgan fingerprint density at radius 3 is 1.93 bits per heavy atom. The number of fused-ring (bicyclic) bond motifs is 5. The predicted octanol–water partition coefficient (Wildman–Crippen LogP) is 14.8. The summed E-state index contributed by atoms with van der Waals surface area (Å²) >= 11 is 0. The molecule has 1 unspecified atom stereocenters. The molecule has 0 saturated heterocycles. The maximum absolute atomic E-state index is 6.20. The number of allylic oxidation sites excluding steroid dienone is 8. The van der Waals surface area contributed by atoms with Crippen molar-refractivity contribution in [3.63, 3.8) is 0 Å². The number of hydrogen-bond acceptors (Lipinski definition) is 2. The Morgan fingerprint density at radius 1 is 0.564 bits per heavy atom. The van der Waals surface area contributed by atoms with E-state index in [0.717, 1.165) is 34.3 Å². The van der Waals surface area contributed by atoms with Gasteiger partial charge in [0.1, 0.15) is 11.2 Å². The Bertz CT molecular complexity index is 2780. The number of hydrogen-bond donors (Lipinski definition) is 0. The molecule has 0 radical (unpaired) electrons. The SMILES string of the molecule is C=C/C=C\C=C/N(c1ccc(C2=C(c3ccccc3)C=C(c3ccc4c(ccc5oc6ccccc6c54)c3)CC2C)cc1)c1ccc(-c2ccccc2)cc1. The summed E-state index contributed by atoms with van der Waals surface area (Å²) in [5, 5.41) is 4.80. The number of furan rings is 1. The lowest BCUT2D eigenvalue weighted by Crippen LogP contribution is -2.10. The molecule has 0 saturated carbocycles. The standard InChI is InChI=1S/C53H41NO/c1-3-4-5-14-33-54(45-27-21-39(22-28-45)38-15-8-6-9-16-38)46-29-23-41(24-30-46)52-37(2)34-44(36-49(52)40-17-10-7-11-18-40)42-25-31-47-43(35-42)26-32-51-53(47)48-19-12-13-20-50(48)55-51/h3-33,35-37H,1,34H2,2H3/b5-4-,33-14-. The molecule has 1 aliphatic carbocycles. The zero-order chi connectivity index (χ0) is 37.1. The number of anilines is 2. The molecule has 0 fully saturated rings. The van der Waals surface area contributed by atoms with Gasteiger partial charge in [0.15, 0.2) is 0 Å². The van der Waals surface area contributed by atoms with Crippen molar-refractivity contribution in [3.8, 4) is 11.1 Å². The van der Waals surface area contributed by atoms with Crippen LogP contribution in [0.3, 0.4) is 0 Å². The smallest absolute Gasteiger partial charge is 0.136 e. The fourth-order valence-electron chi connectivity index (χ4n) is 8.11. The van der Waals surface area contributed by atoms with E-state index in [9.17, 15) is 0 Å². The lowest BCUT2D eigenvalue weighted by molar-refractivity contribution is 0.669. The Kier molecular flexibility index (Phi) is 9.15. The zero-order valence-electron chi connectivity index (χ0n) is 30.9. The first-order valence-electron chi connectivity index (χ1n) is 19.0. The second-order valence-corrected chi connectivity index (χ2v) is 14.2. The molecule has 0 N–H and O–H groups in total. The highest BCUT2D eigenvalue weighted by Crippen LogP contribution is 2.45. The van der Waals surface area contributed by atoms with E-state index >= 15 is 0 Å². The second kappa shape index (κ2) is 14.9. The highest BCUT2D eigenvalue weighted by atomic mass is 16.3. The first-order valence-corrected chi connectivity index (χ1v) is 19.0. The normalized spacial score (nSPS) is 14.7. The number of rotatable bonds is 9. The van der Waals surface area contributed by atoms with Gasteiger partial charge in [0.05, 0.1) is 0 Å². The topological polar surface area (TPSA) is 16.4 Å². The van der Waals surface area contributed by atoms with Crippen molar-refractivity contribution < 1.29 is 4.42 Å². The molecular formula is C53H41NO. The van der Waals surface area contributed by atoms with Crippen LogP contribution in [0.5, 0.6) is 0 Å². The van der Waals surface area contributed by atoms with Gasteiger partial charge < -0.3 is 9.32 Å². The lowest BCUT2D eigenvalue weighted by Gasteiger charge is -2.28. The molecule has 8 aromatic rings. The lowest BCUT2D eigenvalue weighted by atomic mass is 9.77. The largest absolute Gasteiger partial charge is 0.456 e. The fraction of sp³-hybridized carbons (Fsp3) is 0.0566. The van der Waals surface area contributed by atoms with Crippen LogP contribution in [0.4, 0.5) is 11.4 Å². The summed E-state index contributed by atoms with van der Waals surface area (Å²) in [6.45, 7) is 6.20. The summed E-state index contributed by atoms with van der Waals surface area (Å²) in [5.74, 6) is 0.308. The monoisotopic (exact) mass is 707 g/mol. The van der Waals surface area contributed by atoms with Crippen LogP contribution in [0.1, 0.15) is 30.0 Å². The molecule has 1 atom stereocenters. The maximum atomic E-state index is 6.20. The van der Waals surface area contributed by atoms with Crippen LogP contribution in [0.2, 0.25) is 0 Å².